The molecule has 1 aromatic rings. The Morgan fingerprint density at radius 1 is 0.833 bits per heavy atom. The van der Waals surface area contributed by atoms with Crippen molar-refractivity contribution < 1.29 is 0 Å². The zero-order chi connectivity index (χ0) is 18.2. The van der Waals surface area contributed by atoms with E-state index in [4.69, 9.17) is 0 Å². The maximum absolute atomic E-state index is 2.63. The van der Waals surface area contributed by atoms with Crippen LogP contribution in [-0.4, -0.2) is 8.07 Å². The number of rotatable bonds is 5. The lowest BCUT2D eigenvalue weighted by atomic mass is 9.95. The van der Waals surface area contributed by atoms with E-state index in [1.807, 2.05) is 0 Å². The Labute approximate surface area is 151 Å². The fraction of sp³-hybridized carbons (Fsp3) is 0.565. The van der Waals surface area contributed by atoms with Crippen molar-refractivity contribution in [3.63, 3.8) is 0 Å². The molecule has 1 aliphatic rings. The number of allylic oxidation sites excluding steroid dienone is 4. The predicted molar refractivity (Wildman–Crippen MR) is 112 cm³/mol. The van der Waals surface area contributed by atoms with E-state index in [0.29, 0.717) is 5.92 Å². The van der Waals surface area contributed by atoms with E-state index in [1.165, 1.54) is 35.6 Å². The molecule has 0 nitrogen and oxygen atoms in total. The molecule has 0 N–H and O–H groups in total. The molecule has 0 aliphatic heterocycles. The van der Waals surface area contributed by atoms with Crippen LogP contribution >= 0.6 is 0 Å². The molecule has 0 radical (unpaired) electrons. The first-order valence-electron chi connectivity index (χ1n) is 9.63. The van der Waals surface area contributed by atoms with Crippen LogP contribution in [0.15, 0.2) is 22.9 Å². The van der Waals surface area contributed by atoms with Crippen molar-refractivity contribution in [1.29, 1.82) is 0 Å². The first-order valence-corrected chi connectivity index (χ1v) is 12.3. The molecular formula is C23H36Si. The average Bonchev–Trinajstić information content (AvgIpc) is 2.88. The van der Waals surface area contributed by atoms with Gasteiger partial charge in [0.1, 0.15) is 8.07 Å². The molecule has 132 valence electrons. The largest absolute Gasteiger partial charge is 0.115 e. The Morgan fingerprint density at radius 2 is 1.33 bits per heavy atom. The summed E-state index contributed by atoms with van der Waals surface area (Å²) in [6.45, 7) is 21.3. The molecule has 1 aliphatic carbocycles. The molecule has 0 fully saturated rings. The van der Waals surface area contributed by atoms with E-state index in [-0.39, 0.29) is 0 Å². The van der Waals surface area contributed by atoms with E-state index in [9.17, 15) is 0 Å². The second-order valence-corrected chi connectivity index (χ2v) is 12.4. The van der Waals surface area contributed by atoms with Crippen molar-refractivity contribution in [1.82, 2.24) is 0 Å². The molecule has 2 atom stereocenters. The van der Waals surface area contributed by atoms with Crippen LogP contribution in [0.3, 0.4) is 0 Å². The van der Waals surface area contributed by atoms with Crippen LogP contribution in [-0.2, 0) is 0 Å². The summed E-state index contributed by atoms with van der Waals surface area (Å²) in [5.41, 5.74) is 9.18. The van der Waals surface area contributed by atoms with Crippen LogP contribution in [0.25, 0.3) is 0 Å². The molecule has 0 aromatic heterocycles. The van der Waals surface area contributed by atoms with Crippen LogP contribution in [0.1, 0.15) is 61.4 Å². The van der Waals surface area contributed by atoms with Crippen molar-refractivity contribution in [3.8, 4) is 0 Å². The first kappa shape index (κ1) is 19.2. The van der Waals surface area contributed by atoms with Gasteiger partial charge in [-0.2, -0.15) is 0 Å². The lowest BCUT2D eigenvalue weighted by Crippen LogP contribution is -2.50. The Bertz CT molecular complexity index is 676. The summed E-state index contributed by atoms with van der Waals surface area (Å²) in [4.78, 5) is 0. The van der Waals surface area contributed by atoms with Gasteiger partial charge < -0.3 is 0 Å². The van der Waals surface area contributed by atoms with Crippen molar-refractivity contribution >= 4 is 13.3 Å². The van der Waals surface area contributed by atoms with Gasteiger partial charge in [0.2, 0.25) is 0 Å². The molecule has 24 heavy (non-hydrogen) atoms. The van der Waals surface area contributed by atoms with E-state index in [0.717, 1.165) is 0 Å². The number of unbranched alkanes of at least 4 members (excludes halogenated alkanes) is 1. The van der Waals surface area contributed by atoms with Gasteiger partial charge in [-0.15, -0.1) is 0 Å². The fourth-order valence-corrected chi connectivity index (χ4v) is 10.3. The summed E-state index contributed by atoms with van der Waals surface area (Å²) < 4.78 is 0. The van der Waals surface area contributed by atoms with Gasteiger partial charge in [-0.05, 0) is 86.5 Å². The lowest BCUT2D eigenvalue weighted by Gasteiger charge is -2.35. The number of hydrogen-bond donors (Lipinski definition) is 0. The molecule has 0 saturated heterocycles. The van der Waals surface area contributed by atoms with Crippen LogP contribution in [0.5, 0.6) is 0 Å². The van der Waals surface area contributed by atoms with Gasteiger partial charge in [0.05, 0.1) is 0 Å². The maximum Gasteiger partial charge on any atom is 0.115 e. The van der Waals surface area contributed by atoms with Crippen molar-refractivity contribution in [3.05, 3.63) is 50.7 Å². The topological polar surface area (TPSA) is 0 Å². The zero-order valence-electron chi connectivity index (χ0n) is 17.4. The molecule has 1 aromatic carbocycles. The monoisotopic (exact) mass is 340 g/mol. The SMILES string of the molecule is CCCC[Si](C)(C1=CC(C)C=C1C)c1c(C)c(C)c(C)c(C)c1C. The maximum atomic E-state index is 2.63. The van der Waals surface area contributed by atoms with Gasteiger partial charge in [-0.1, -0.05) is 56.2 Å². The van der Waals surface area contributed by atoms with Gasteiger partial charge in [-0.25, -0.2) is 0 Å². The highest BCUT2D eigenvalue weighted by molar-refractivity contribution is 6.98. The summed E-state index contributed by atoms with van der Waals surface area (Å²) in [5.74, 6) is 0.599. The Balaban J connectivity index is 2.76. The second kappa shape index (κ2) is 7.04. The normalized spacial score (nSPS) is 20.0. The lowest BCUT2D eigenvalue weighted by molar-refractivity contribution is 0.870. The smallest absolute Gasteiger partial charge is 0.0779 e. The quantitative estimate of drug-likeness (QED) is 0.546. The van der Waals surface area contributed by atoms with E-state index in [1.54, 1.807) is 27.1 Å². The second-order valence-electron chi connectivity index (χ2n) is 8.22. The summed E-state index contributed by atoms with van der Waals surface area (Å²) in [5, 5.41) is 3.43. The minimum Gasteiger partial charge on any atom is -0.0779 e. The average molecular weight is 341 g/mol. The van der Waals surface area contributed by atoms with Gasteiger partial charge in [0.15, 0.2) is 0 Å². The van der Waals surface area contributed by atoms with E-state index >= 15 is 0 Å². The van der Waals surface area contributed by atoms with Gasteiger partial charge in [0.25, 0.3) is 0 Å². The molecule has 0 heterocycles. The van der Waals surface area contributed by atoms with Crippen LogP contribution in [0, 0.1) is 40.5 Å². The zero-order valence-corrected chi connectivity index (χ0v) is 18.4. The Kier molecular flexibility index (Phi) is 5.64. The van der Waals surface area contributed by atoms with E-state index < -0.39 is 8.07 Å². The molecule has 0 spiro atoms. The molecule has 0 bridgehead atoms. The van der Waals surface area contributed by atoms with Gasteiger partial charge >= 0.3 is 0 Å². The third-order valence-electron chi connectivity index (χ3n) is 6.54. The fourth-order valence-electron chi connectivity index (χ4n) is 4.80. The van der Waals surface area contributed by atoms with Crippen LogP contribution < -0.4 is 5.19 Å². The van der Waals surface area contributed by atoms with E-state index in [2.05, 4.69) is 74.1 Å². The highest BCUT2D eigenvalue weighted by Gasteiger charge is 2.38. The minimum absolute atomic E-state index is 0.599. The summed E-state index contributed by atoms with van der Waals surface area (Å²) >= 11 is 0. The number of hydrogen-bond acceptors (Lipinski definition) is 0. The van der Waals surface area contributed by atoms with Gasteiger partial charge in [-0.3, -0.25) is 0 Å². The Hall–Kier alpha value is -1.08. The van der Waals surface area contributed by atoms with Crippen molar-refractivity contribution in [2.45, 2.75) is 80.8 Å². The van der Waals surface area contributed by atoms with Crippen LogP contribution in [0.2, 0.25) is 12.6 Å². The highest BCUT2D eigenvalue weighted by Crippen LogP contribution is 2.36. The third-order valence-corrected chi connectivity index (χ3v) is 11.5. The minimum atomic E-state index is -1.70. The molecule has 0 amide bonds. The highest BCUT2D eigenvalue weighted by atomic mass is 28.3. The first-order chi connectivity index (χ1) is 11.1. The predicted octanol–water partition coefficient (Wildman–Crippen LogP) is 6.38. The number of benzene rings is 1. The van der Waals surface area contributed by atoms with Gasteiger partial charge in [0, 0.05) is 0 Å². The molecule has 2 rings (SSSR count). The molecular weight excluding hydrogens is 304 g/mol. The summed E-state index contributed by atoms with van der Waals surface area (Å²) in [7, 11) is -1.70. The van der Waals surface area contributed by atoms with Crippen LogP contribution in [0.4, 0.5) is 0 Å². The Morgan fingerprint density at radius 3 is 1.75 bits per heavy atom. The standard InChI is InChI=1S/C23H36Si/c1-10-11-12-24(9,22-14-15(2)13-16(22)3)23-20(7)18(5)17(4)19(6)21(23)8/h13-15H,10-12H2,1-9H3. The van der Waals surface area contributed by atoms with Crippen molar-refractivity contribution in [2.75, 3.05) is 0 Å². The molecule has 0 saturated carbocycles. The summed E-state index contributed by atoms with van der Waals surface area (Å²) in [6.07, 6.45) is 7.66. The summed E-state index contributed by atoms with van der Waals surface area (Å²) in [6, 6.07) is 1.37. The molecule has 2 unspecified atom stereocenters. The van der Waals surface area contributed by atoms with Crippen molar-refractivity contribution in [2.24, 2.45) is 5.92 Å². The molecule has 1 heteroatoms. The third kappa shape index (κ3) is 3.08.